The smallest absolute Gasteiger partial charge is 0.255 e. The van der Waals surface area contributed by atoms with Crippen LogP contribution in [-0.4, -0.2) is 27.8 Å². The van der Waals surface area contributed by atoms with E-state index in [1.165, 1.54) is 0 Å². The Bertz CT molecular complexity index is 590. The van der Waals surface area contributed by atoms with Crippen molar-refractivity contribution in [1.82, 2.24) is 15.5 Å². The predicted octanol–water partition coefficient (Wildman–Crippen LogP) is 2.13. The Hall–Kier alpha value is -2.14. The fraction of sp³-hybridized carbons (Fsp3) is 0.375. The third-order valence-electron chi connectivity index (χ3n) is 3.52. The van der Waals surface area contributed by atoms with Crippen LogP contribution in [-0.2, 0) is 6.42 Å². The lowest BCUT2D eigenvalue weighted by atomic mass is 10.0. The zero-order valence-corrected chi connectivity index (χ0v) is 12.4. The number of benzene rings is 1. The number of nitrogens with one attached hydrogen (secondary N) is 2. The lowest BCUT2D eigenvalue weighted by Crippen LogP contribution is -2.29. The number of carbonyl (C=O) groups is 1. The van der Waals surface area contributed by atoms with E-state index in [9.17, 15) is 9.90 Å². The van der Waals surface area contributed by atoms with Crippen molar-refractivity contribution in [3.63, 3.8) is 0 Å². The molecule has 2 aromatic rings. The van der Waals surface area contributed by atoms with E-state index in [0.29, 0.717) is 12.0 Å². The number of amides is 1. The van der Waals surface area contributed by atoms with E-state index in [1.54, 1.807) is 6.20 Å². The molecule has 1 atom stereocenters. The van der Waals surface area contributed by atoms with Crippen LogP contribution in [0.3, 0.4) is 0 Å². The Morgan fingerprint density at radius 2 is 2.10 bits per heavy atom. The van der Waals surface area contributed by atoms with Gasteiger partial charge in [-0.05, 0) is 25.3 Å². The minimum Gasteiger partial charge on any atom is -0.396 e. The van der Waals surface area contributed by atoms with Crippen molar-refractivity contribution < 1.29 is 9.90 Å². The summed E-state index contributed by atoms with van der Waals surface area (Å²) < 4.78 is 0. The number of aliphatic hydroxyl groups excluding tert-OH is 1. The maximum absolute atomic E-state index is 12.4. The summed E-state index contributed by atoms with van der Waals surface area (Å²) in [6.45, 7) is 4.00. The maximum atomic E-state index is 12.4. The zero-order chi connectivity index (χ0) is 15.2. The molecule has 0 aliphatic carbocycles. The monoisotopic (exact) mass is 287 g/mol. The van der Waals surface area contributed by atoms with Gasteiger partial charge in [0.25, 0.3) is 5.91 Å². The second kappa shape index (κ2) is 7.04. The third kappa shape index (κ3) is 3.70. The average Bonchev–Trinajstić information content (AvgIpc) is 2.96. The Balaban J connectivity index is 2.16. The van der Waals surface area contributed by atoms with Crippen LogP contribution in [0.1, 0.15) is 46.6 Å². The molecule has 1 aromatic carbocycles. The molecule has 3 N–H and O–H groups in total. The first-order chi connectivity index (χ1) is 10.2. The molecule has 5 heteroatoms. The van der Waals surface area contributed by atoms with Crippen molar-refractivity contribution in [2.24, 2.45) is 0 Å². The molecule has 0 saturated heterocycles. The molecule has 2 rings (SSSR count). The van der Waals surface area contributed by atoms with Crippen LogP contribution in [0.25, 0.3) is 0 Å². The summed E-state index contributed by atoms with van der Waals surface area (Å²) in [6, 6.07) is 7.75. The van der Waals surface area contributed by atoms with Gasteiger partial charge in [-0.1, -0.05) is 36.8 Å². The first-order valence-electron chi connectivity index (χ1n) is 7.16. The highest BCUT2D eigenvalue weighted by atomic mass is 16.3. The van der Waals surface area contributed by atoms with Crippen LogP contribution < -0.4 is 5.32 Å². The lowest BCUT2D eigenvalue weighted by Gasteiger charge is -2.18. The number of hydrogen-bond donors (Lipinski definition) is 3. The summed E-state index contributed by atoms with van der Waals surface area (Å²) in [5.41, 5.74) is 3.53. The zero-order valence-electron chi connectivity index (χ0n) is 12.4. The summed E-state index contributed by atoms with van der Waals surface area (Å²) in [7, 11) is 0. The minimum absolute atomic E-state index is 0.0187. The minimum atomic E-state index is -0.206. The first-order valence-corrected chi connectivity index (χ1v) is 7.16. The Morgan fingerprint density at radius 1 is 1.38 bits per heavy atom. The summed E-state index contributed by atoms with van der Waals surface area (Å²) in [5.74, 6) is -0.167. The number of aromatic nitrogens is 2. The number of rotatable bonds is 6. The van der Waals surface area contributed by atoms with E-state index < -0.39 is 0 Å². The second-order valence-corrected chi connectivity index (χ2v) is 5.06. The number of carbonyl (C=O) groups excluding carboxylic acids is 1. The van der Waals surface area contributed by atoms with Crippen molar-refractivity contribution in [1.29, 1.82) is 0 Å². The molecule has 0 aliphatic heterocycles. The van der Waals surface area contributed by atoms with Gasteiger partial charge in [-0.15, -0.1) is 0 Å². The van der Waals surface area contributed by atoms with Gasteiger partial charge >= 0.3 is 0 Å². The van der Waals surface area contributed by atoms with Gasteiger partial charge in [-0.25, -0.2) is 0 Å². The molecule has 0 fully saturated rings. The topological polar surface area (TPSA) is 78.0 Å². The molecular formula is C16H21N3O2. The van der Waals surface area contributed by atoms with E-state index in [1.807, 2.05) is 38.1 Å². The van der Waals surface area contributed by atoms with Crippen LogP contribution in [0.5, 0.6) is 0 Å². The number of aryl methyl sites for hydroxylation is 2. The normalized spacial score (nSPS) is 12.1. The molecule has 0 aliphatic rings. The van der Waals surface area contributed by atoms with E-state index in [0.717, 1.165) is 23.2 Å². The largest absolute Gasteiger partial charge is 0.396 e. The molecule has 1 unspecified atom stereocenters. The SMILES string of the molecule is CCc1[nH]ncc1C(=O)NC(CCO)c1ccc(C)cc1. The van der Waals surface area contributed by atoms with Gasteiger partial charge in [0.05, 0.1) is 17.8 Å². The second-order valence-electron chi connectivity index (χ2n) is 5.06. The fourth-order valence-corrected chi connectivity index (χ4v) is 2.26. The summed E-state index contributed by atoms with van der Waals surface area (Å²) >= 11 is 0. The molecule has 112 valence electrons. The van der Waals surface area contributed by atoms with Crippen molar-refractivity contribution in [2.45, 2.75) is 32.7 Å². The number of hydrogen-bond acceptors (Lipinski definition) is 3. The van der Waals surface area contributed by atoms with Gasteiger partial charge in [0, 0.05) is 12.3 Å². The van der Waals surface area contributed by atoms with E-state index in [2.05, 4.69) is 15.5 Å². The molecule has 0 radical (unpaired) electrons. The van der Waals surface area contributed by atoms with Crippen LogP contribution in [0.2, 0.25) is 0 Å². The van der Waals surface area contributed by atoms with Crippen LogP contribution >= 0.6 is 0 Å². The van der Waals surface area contributed by atoms with Gasteiger partial charge < -0.3 is 10.4 Å². The highest BCUT2D eigenvalue weighted by Gasteiger charge is 2.18. The lowest BCUT2D eigenvalue weighted by molar-refractivity contribution is 0.0929. The molecule has 21 heavy (non-hydrogen) atoms. The van der Waals surface area contributed by atoms with E-state index in [-0.39, 0.29) is 18.6 Å². The van der Waals surface area contributed by atoms with Crippen LogP contribution in [0.4, 0.5) is 0 Å². The van der Waals surface area contributed by atoms with Gasteiger partial charge in [-0.3, -0.25) is 9.89 Å². The summed E-state index contributed by atoms with van der Waals surface area (Å²) in [4.78, 5) is 12.4. The standard InChI is InChI=1S/C16H21N3O2/c1-3-14-13(10-17-19-14)16(21)18-15(8-9-20)12-6-4-11(2)5-7-12/h4-7,10,15,20H,3,8-9H2,1-2H3,(H,17,19)(H,18,21). The Kier molecular flexibility index (Phi) is 5.11. The molecular weight excluding hydrogens is 266 g/mol. The van der Waals surface area contributed by atoms with Gasteiger partial charge in [0.15, 0.2) is 0 Å². The first kappa shape index (κ1) is 15.3. The van der Waals surface area contributed by atoms with Gasteiger partial charge in [0.1, 0.15) is 0 Å². The molecule has 1 aromatic heterocycles. The molecule has 0 bridgehead atoms. The van der Waals surface area contributed by atoms with Gasteiger partial charge in [0.2, 0.25) is 0 Å². The Morgan fingerprint density at radius 3 is 2.71 bits per heavy atom. The van der Waals surface area contributed by atoms with E-state index >= 15 is 0 Å². The average molecular weight is 287 g/mol. The number of aromatic amines is 1. The molecule has 1 heterocycles. The third-order valence-corrected chi connectivity index (χ3v) is 3.52. The summed E-state index contributed by atoms with van der Waals surface area (Å²) in [5, 5.41) is 18.9. The van der Waals surface area contributed by atoms with Crippen molar-refractivity contribution in [3.8, 4) is 0 Å². The van der Waals surface area contributed by atoms with E-state index in [4.69, 9.17) is 0 Å². The fourth-order valence-electron chi connectivity index (χ4n) is 2.26. The summed E-state index contributed by atoms with van der Waals surface area (Å²) in [6.07, 6.45) is 2.74. The van der Waals surface area contributed by atoms with Gasteiger partial charge in [-0.2, -0.15) is 5.10 Å². The highest BCUT2D eigenvalue weighted by molar-refractivity contribution is 5.95. The predicted molar refractivity (Wildman–Crippen MR) is 81.1 cm³/mol. The Labute approximate surface area is 124 Å². The van der Waals surface area contributed by atoms with Crippen LogP contribution in [0.15, 0.2) is 30.5 Å². The molecule has 5 nitrogen and oxygen atoms in total. The number of H-pyrrole nitrogens is 1. The van der Waals surface area contributed by atoms with Crippen molar-refractivity contribution >= 4 is 5.91 Å². The highest BCUT2D eigenvalue weighted by Crippen LogP contribution is 2.18. The van der Waals surface area contributed by atoms with Crippen LogP contribution in [0, 0.1) is 6.92 Å². The molecule has 0 spiro atoms. The molecule has 1 amide bonds. The van der Waals surface area contributed by atoms with Crippen molar-refractivity contribution in [3.05, 3.63) is 52.8 Å². The number of nitrogens with zero attached hydrogens (tertiary/aromatic N) is 1. The maximum Gasteiger partial charge on any atom is 0.255 e. The number of aliphatic hydroxyl groups is 1. The van der Waals surface area contributed by atoms with Crippen molar-refractivity contribution in [2.75, 3.05) is 6.61 Å². The molecule has 0 saturated carbocycles. The quantitative estimate of drug-likeness (QED) is 0.761.